The number of carbonyl (C=O) groups is 1. The lowest BCUT2D eigenvalue weighted by Gasteiger charge is -2.15. The predicted octanol–water partition coefficient (Wildman–Crippen LogP) is 3.63. The molecule has 1 amide bonds. The first kappa shape index (κ1) is 19.3. The minimum Gasteiger partial charge on any atom is -0.467 e. The highest BCUT2D eigenvalue weighted by Gasteiger charge is 2.19. The van der Waals surface area contributed by atoms with Gasteiger partial charge in [-0.2, -0.15) is 0 Å². The summed E-state index contributed by atoms with van der Waals surface area (Å²) in [6, 6.07) is 8.53. The molecule has 1 atom stereocenters. The van der Waals surface area contributed by atoms with Gasteiger partial charge in [0.25, 0.3) is 5.56 Å². The van der Waals surface area contributed by atoms with Gasteiger partial charge in [0.05, 0.1) is 29.0 Å². The molecule has 0 fully saturated rings. The molecule has 3 aromatic rings. The van der Waals surface area contributed by atoms with Gasteiger partial charge in [-0.05, 0) is 37.3 Å². The molecule has 0 radical (unpaired) electrons. The molecule has 1 aromatic carbocycles. The minimum atomic E-state index is -0.451. The zero-order valence-corrected chi connectivity index (χ0v) is 16.2. The highest BCUT2D eigenvalue weighted by molar-refractivity contribution is 8.00. The number of carbonyl (C=O) groups excluding carboxylic acids is 1. The van der Waals surface area contributed by atoms with E-state index in [0.29, 0.717) is 33.4 Å². The van der Waals surface area contributed by atoms with Crippen LogP contribution in [0.25, 0.3) is 10.9 Å². The first-order valence-electron chi connectivity index (χ1n) is 8.27. The Morgan fingerprint density at radius 3 is 3.00 bits per heavy atom. The zero-order chi connectivity index (χ0) is 19.4. The average Bonchev–Trinajstić information content (AvgIpc) is 3.17. The molecule has 3 rings (SSSR count). The second-order valence-corrected chi connectivity index (χ2v) is 7.56. The third-order valence-electron chi connectivity index (χ3n) is 3.86. The van der Waals surface area contributed by atoms with E-state index >= 15 is 0 Å². The number of amides is 1. The Kier molecular flexibility index (Phi) is 6.03. The van der Waals surface area contributed by atoms with E-state index in [1.165, 1.54) is 16.3 Å². The Labute approximate surface area is 165 Å². The van der Waals surface area contributed by atoms with Crippen molar-refractivity contribution in [2.24, 2.45) is 0 Å². The monoisotopic (exact) mass is 403 g/mol. The SMILES string of the molecule is C=CCn1c(S[C@@H](C)C(=O)NCc2ccco2)nc2ccc(Cl)cc2c1=O. The zero-order valence-electron chi connectivity index (χ0n) is 14.6. The molecule has 27 heavy (non-hydrogen) atoms. The first-order valence-corrected chi connectivity index (χ1v) is 9.53. The number of thioether (sulfide) groups is 1. The number of hydrogen-bond donors (Lipinski definition) is 1. The number of nitrogens with zero attached hydrogens (tertiary/aromatic N) is 2. The van der Waals surface area contributed by atoms with E-state index in [1.54, 1.807) is 49.6 Å². The molecular weight excluding hydrogens is 386 g/mol. The molecule has 0 aliphatic rings. The summed E-state index contributed by atoms with van der Waals surface area (Å²) >= 11 is 7.22. The van der Waals surface area contributed by atoms with Crippen LogP contribution >= 0.6 is 23.4 Å². The van der Waals surface area contributed by atoms with Crippen LogP contribution in [-0.2, 0) is 17.9 Å². The van der Waals surface area contributed by atoms with E-state index in [9.17, 15) is 9.59 Å². The Morgan fingerprint density at radius 1 is 1.48 bits per heavy atom. The molecule has 0 unspecified atom stereocenters. The van der Waals surface area contributed by atoms with Crippen LogP contribution < -0.4 is 10.9 Å². The maximum absolute atomic E-state index is 12.8. The number of allylic oxidation sites excluding steroid dienone is 1. The van der Waals surface area contributed by atoms with Gasteiger partial charge >= 0.3 is 0 Å². The molecule has 0 spiro atoms. The van der Waals surface area contributed by atoms with Gasteiger partial charge in [0.1, 0.15) is 5.76 Å². The van der Waals surface area contributed by atoms with Gasteiger partial charge in [-0.15, -0.1) is 6.58 Å². The number of benzene rings is 1. The largest absolute Gasteiger partial charge is 0.467 e. The van der Waals surface area contributed by atoms with Crippen molar-refractivity contribution >= 4 is 40.2 Å². The van der Waals surface area contributed by atoms with Crippen molar-refractivity contribution in [1.82, 2.24) is 14.9 Å². The first-order chi connectivity index (χ1) is 13.0. The fourth-order valence-electron chi connectivity index (χ4n) is 2.50. The molecule has 1 N–H and O–H groups in total. The number of nitrogens with one attached hydrogen (secondary N) is 1. The van der Waals surface area contributed by atoms with E-state index in [2.05, 4.69) is 16.9 Å². The van der Waals surface area contributed by atoms with E-state index in [1.807, 2.05) is 0 Å². The molecule has 0 saturated heterocycles. The Bertz CT molecular complexity index is 1030. The van der Waals surface area contributed by atoms with E-state index in [-0.39, 0.29) is 18.0 Å². The Morgan fingerprint density at radius 2 is 2.30 bits per heavy atom. The van der Waals surface area contributed by atoms with Crippen molar-refractivity contribution in [1.29, 1.82) is 0 Å². The number of aromatic nitrogens is 2. The van der Waals surface area contributed by atoms with Crippen molar-refractivity contribution < 1.29 is 9.21 Å². The minimum absolute atomic E-state index is 0.174. The lowest BCUT2D eigenvalue weighted by molar-refractivity contribution is -0.120. The van der Waals surface area contributed by atoms with Crippen molar-refractivity contribution in [3.05, 3.63) is 70.4 Å². The summed E-state index contributed by atoms with van der Waals surface area (Å²) in [6.07, 6.45) is 3.17. The molecule has 0 saturated carbocycles. The van der Waals surface area contributed by atoms with Gasteiger partial charge in [0.2, 0.25) is 5.91 Å². The fourth-order valence-corrected chi connectivity index (χ4v) is 3.61. The standard InChI is InChI=1S/C19H18ClN3O3S/c1-3-8-23-18(25)15-10-13(20)6-7-16(15)22-19(23)27-12(2)17(24)21-11-14-5-4-9-26-14/h3-7,9-10,12H,1,8,11H2,2H3,(H,21,24)/t12-/m0/s1. The van der Waals surface area contributed by atoms with Gasteiger partial charge < -0.3 is 9.73 Å². The van der Waals surface area contributed by atoms with Crippen molar-refractivity contribution in [2.45, 2.75) is 30.4 Å². The number of rotatable bonds is 7. The fraction of sp³-hybridized carbons (Fsp3) is 0.211. The van der Waals surface area contributed by atoms with Crippen LogP contribution in [0.5, 0.6) is 0 Å². The van der Waals surface area contributed by atoms with Gasteiger partial charge in [-0.3, -0.25) is 14.2 Å². The molecule has 2 heterocycles. The third kappa shape index (κ3) is 4.43. The average molecular weight is 404 g/mol. The number of furan rings is 1. The summed E-state index contributed by atoms with van der Waals surface area (Å²) < 4.78 is 6.70. The topological polar surface area (TPSA) is 77.1 Å². The summed E-state index contributed by atoms with van der Waals surface area (Å²) in [6.45, 7) is 6.05. The predicted molar refractivity (Wildman–Crippen MR) is 107 cm³/mol. The lowest BCUT2D eigenvalue weighted by Crippen LogP contribution is -2.31. The van der Waals surface area contributed by atoms with Crippen LogP contribution in [0.2, 0.25) is 5.02 Å². The van der Waals surface area contributed by atoms with Gasteiger partial charge in [0, 0.05) is 11.6 Å². The Hall–Kier alpha value is -2.51. The lowest BCUT2D eigenvalue weighted by atomic mass is 10.2. The van der Waals surface area contributed by atoms with Crippen LogP contribution in [-0.4, -0.2) is 20.7 Å². The van der Waals surface area contributed by atoms with Crippen LogP contribution in [0.15, 0.2) is 63.6 Å². The van der Waals surface area contributed by atoms with Crippen LogP contribution in [0.1, 0.15) is 12.7 Å². The highest BCUT2D eigenvalue weighted by atomic mass is 35.5. The van der Waals surface area contributed by atoms with E-state index in [4.69, 9.17) is 16.0 Å². The number of halogens is 1. The van der Waals surface area contributed by atoms with Crippen LogP contribution in [0.3, 0.4) is 0 Å². The molecular formula is C19H18ClN3O3S. The van der Waals surface area contributed by atoms with E-state index < -0.39 is 5.25 Å². The van der Waals surface area contributed by atoms with Crippen molar-refractivity contribution in [2.75, 3.05) is 0 Å². The molecule has 2 aromatic heterocycles. The molecule has 0 aliphatic heterocycles. The highest BCUT2D eigenvalue weighted by Crippen LogP contribution is 2.24. The van der Waals surface area contributed by atoms with Crippen molar-refractivity contribution in [3.63, 3.8) is 0 Å². The number of fused-ring (bicyclic) bond motifs is 1. The second kappa shape index (κ2) is 8.45. The van der Waals surface area contributed by atoms with Crippen LogP contribution in [0.4, 0.5) is 0 Å². The smallest absolute Gasteiger partial charge is 0.262 e. The Balaban J connectivity index is 1.85. The number of hydrogen-bond acceptors (Lipinski definition) is 5. The third-order valence-corrected chi connectivity index (χ3v) is 5.19. The second-order valence-electron chi connectivity index (χ2n) is 5.82. The normalized spacial score (nSPS) is 12.1. The maximum atomic E-state index is 12.8. The molecule has 0 aliphatic carbocycles. The quantitative estimate of drug-likeness (QED) is 0.370. The molecule has 140 valence electrons. The molecule has 8 heteroatoms. The summed E-state index contributed by atoms with van der Waals surface area (Å²) in [5, 5.41) is 3.72. The molecule has 6 nitrogen and oxygen atoms in total. The van der Waals surface area contributed by atoms with Crippen molar-refractivity contribution in [3.8, 4) is 0 Å². The summed E-state index contributed by atoms with van der Waals surface area (Å²) in [7, 11) is 0. The van der Waals surface area contributed by atoms with Crippen LogP contribution in [0, 0.1) is 0 Å². The molecule has 0 bridgehead atoms. The summed E-state index contributed by atoms with van der Waals surface area (Å²) in [4.78, 5) is 29.7. The summed E-state index contributed by atoms with van der Waals surface area (Å²) in [5.41, 5.74) is 0.323. The van der Waals surface area contributed by atoms with Gasteiger partial charge in [0.15, 0.2) is 5.16 Å². The van der Waals surface area contributed by atoms with E-state index in [0.717, 1.165) is 0 Å². The summed E-state index contributed by atoms with van der Waals surface area (Å²) in [5.74, 6) is 0.497. The maximum Gasteiger partial charge on any atom is 0.262 e. The van der Waals surface area contributed by atoms with Gasteiger partial charge in [-0.1, -0.05) is 29.4 Å². The van der Waals surface area contributed by atoms with Gasteiger partial charge in [-0.25, -0.2) is 4.98 Å².